The lowest BCUT2D eigenvalue weighted by Crippen LogP contribution is -2.16. The number of hydrogen-bond donors (Lipinski definition) is 2. The molecule has 1 aromatic heterocycles. The number of carbonyl (C=O) groups excluding carboxylic acids is 1. The number of primary sulfonamides is 1. The Morgan fingerprint density at radius 2 is 2.27 bits per heavy atom. The summed E-state index contributed by atoms with van der Waals surface area (Å²) in [6.45, 7) is 0. The standard InChI is InChI=1S/C6H7ClN2O4S2/c1-13-6(10)9-3-2-4(7)14-5(3)15(8,11)12/h2H,1H3,(H,9,10)(H2,8,11,12). The number of hydrogen-bond acceptors (Lipinski definition) is 5. The summed E-state index contributed by atoms with van der Waals surface area (Å²) < 4.78 is 26.4. The molecule has 1 aromatic rings. The Kier molecular flexibility index (Phi) is 3.55. The molecule has 0 aliphatic rings. The molecule has 0 aromatic carbocycles. The summed E-state index contributed by atoms with van der Waals surface area (Å²) in [5.41, 5.74) is 0.0133. The first-order valence-corrected chi connectivity index (χ1v) is 6.26. The maximum absolute atomic E-state index is 11.1. The number of thiophene rings is 1. The van der Waals surface area contributed by atoms with Crippen molar-refractivity contribution in [3.05, 3.63) is 10.4 Å². The molecule has 84 valence electrons. The lowest BCUT2D eigenvalue weighted by Gasteiger charge is -2.02. The van der Waals surface area contributed by atoms with Gasteiger partial charge >= 0.3 is 6.09 Å². The summed E-state index contributed by atoms with van der Waals surface area (Å²) in [6.07, 6.45) is -0.797. The minimum absolute atomic E-state index is 0.0133. The Balaban J connectivity index is 3.13. The second-order valence-electron chi connectivity index (χ2n) is 2.41. The predicted molar refractivity (Wildman–Crippen MR) is 56.7 cm³/mol. The van der Waals surface area contributed by atoms with Crippen LogP contribution in [-0.2, 0) is 14.8 Å². The molecular formula is C6H7ClN2O4S2. The minimum atomic E-state index is -3.90. The van der Waals surface area contributed by atoms with Crippen LogP contribution in [0.4, 0.5) is 10.5 Å². The van der Waals surface area contributed by atoms with E-state index in [0.29, 0.717) is 0 Å². The zero-order valence-electron chi connectivity index (χ0n) is 7.48. The zero-order valence-corrected chi connectivity index (χ0v) is 9.87. The van der Waals surface area contributed by atoms with Crippen LogP contribution in [0.15, 0.2) is 10.3 Å². The summed E-state index contributed by atoms with van der Waals surface area (Å²) in [5, 5.41) is 7.11. The summed E-state index contributed by atoms with van der Waals surface area (Å²) >= 11 is 6.36. The number of anilines is 1. The highest BCUT2D eigenvalue weighted by Gasteiger charge is 2.19. The van der Waals surface area contributed by atoms with Gasteiger partial charge in [0.25, 0.3) is 0 Å². The molecule has 0 spiro atoms. The molecule has 0 radical (unpaired) electrons. The third-order valence-electron chi connectivity index (χ3n) is 1.35. The quantitative estimate of drug-likeness (QED) is 0.844. The topological polar surface area (TPSA) is 98.5 Å². The second kappa shape index (κ2) is 4.35. The summed E-state index contributed by atoms with van der Waals surface area (Å²) in [5.74, 6) is 0. The molecule has 0 unspecified atom stereocenters. The molecule has 0 saturated heterocycles. The molecule has 0 fully saturated rings. The average Bonchev–Trinajstić information content (AvgIpc) is 2.45. The minimum Gasteiger partial charge on any atom is -0.453 e. The van der Waals surface area contributed by atoms with Gasteiger partial charge in [0.2, 0.25) is 10.0 Å². The number of amides is 1. The molecule has 1 heterocycles. The van der Waals surface area contributed by atoms with Crippen molar-refractivity contribution in [3.63, 3.8) is 0 Å². The zero-order chi connectivity index (χ0) is 11.6. The molecule has 0 saturated carbocycles. The smallest absolute Gasteiger partial charge is 0.411 e. The Labute approximate surface area is 95.0 Å². The lowest BCUT2D eigenvalue weighted by atomic mass is 10.5. The maximum atomic E-state index is 11.1. The third kappa shape index (κ3) is 3.06. The van der Waals surface area contributed by atoms with Gasteiger partial charge in [-0.15, -0.1) is 11.3 Å². The first-order chi connectivity index (χ1) is 6.84. The van der Waals surface area contributed by atoms with Crippen molar-refractivity contribution in [2.75, 3.05) is 12.4 Å². The van der Waals surface area contributed by atoms with Gasteiger partial charge in [-0.05, 0) is 6.07 Å². The molecule has 15 heavy (non-hydrogen) atoms. The molecule has 9 heteroatoms. The monoisotopic (exact) mass is 270 g/mol. The van der Waals surface area contributed by atoms with Crippen molar-refractivity contribution in [1.29, 1.82) is 0 Å². The Bertz CT molecular complexity index is 481. The summed E-state index contributed by atoms with van der Waals surface area (Å²) in [6, 6.07) is 1.28. The SMILES string of the molecule is COC(=O)Nc1cc(Cl)sc1S(N)(=O)=O. The van der Waals surface area contributed by atoms with Crippen molar-refractivity contribution < 1.29 is 17.9 Å². The van der Waals surface area contributed by atoms with Crippen LogP contribution in [0.3, 0.4) is 0 Å². The van der Waals surface area contributed by atoms with Crippen molar-refractivity contribution in [2.45, 2.75) is 4.21 Å². The predicted octanol–water partition coefficient (Wildman–Crippen LogP) is 1.23. The van der Waals surface area contributed by atoms with Gasteiger partial charge in [-0.2, -0.15) is 0 Å². The molecule has 1 rings (SSSR count). The lowest BCUT2D eigenvalue weighted by molar-refractivity contribution is 0.187. The van der Waals surface area contributed by atoms with Crippen LogP contribution in [0, 0.1) is 0 Å². The highest BCUT2D eigenvalue weighted by atomic mass is 35.5. The Hall–Kier alpha value is -0.830. The number of carbonyl (C=O) groups is 1. The van der Waals surface area contributed by atoms with Crippen LogP contribution in [0.1, 0.15) is 0 Å². The largest absolute Gasteiger partial charge is 0.453 e. The van der Waals surface area contributed by atoms with E-state index in [9.17, 15) is 13.2 Å². The van der Waals surface area contributed by atoms with E-state index >= 15 is 0 Å². The van der Waals surface area contributed by atoms with E-state index < -0.39 is 16.1 Å². The number of sulfonamides is 1. The van der Waals surface area contributed by atoms with E-state index in [2.05, 4.69) is 10.1 Å². The maximum Gasteiger partial charge on any atom is 0.411 e. The van der Waals surface area contributed by atoms with E-state index in [-0.39, 0.29) is 14.2 Å². The summed E-state index contributed by atoms with van der Waals surface area (Å²) in [4.78, 5) is 10.9. The van der Waals surface area contributed by atoms with Gasteiger partial charge < -0.3 is 4.74 Å². The van der Waals surface area contributed by atoms with Crippen LogP contribution in [0.25, 0.3) is 0 Å². The third-order valence-corrected chi connectivity index (χ3v) is 4.09. The van der Waals surface area contributed by atoms with Crippen LogP contribution in [-0.4, -0.2) is 21.6 Å². The van der Waals surface area contributed by atoms with Crippen molar-refractivity contribution >= 4 is 44.7 Å². The van der Waals surface area contributed by atoms with Crippen molar-refractivity contribution in [2.24, 2.45) is 5.14 Å². The summed E-state index contributed by atoms with van der Waals surface area (Å²) in [7, 11) is -2.75. The van der Waals surface area contributed by atoms with Gasteiger partial charge in [-0.3, -0.25) is 5.32 Å². The Morgan fingerprint density at radius 3 is 2.73 bits per heavy atom. The van der Waals surface area contributed by atoms with Crippen LogP contribution >= 0.6 is 22.9 Å². The fourth-order valence-corrected chi connectivity index (χ4v) is 3.01. The number of halogens is 1. The molecular weight excluding hydrogens is 264 g/mol. The van der Waals surface area contributed by atoms with E-state index in [1.54, 1.807) is 0 Å². The second-order valence-corrected chi connectivity index (χ2v) is 5.85. The molecule has 0 aliphatic carbocycles. The average molecular weight is 271 g/mol. The normalized spacial score (nSPS) is 11.1. The number of ether oxygens (including phenoxy) is 1. The van der Waals surface area contributed by atoms with E-state index in [0.717, 1.165) is 18.4 Å². The number of rotatable bonds is 2. The van der Waals surface area contributed by atoms with E-state index in [1.165, 1.54) is 6.07 Å². The molecule has 0 bridgehead atoms. The van der Waals surface area contributed by atoms with Crippen LogP contribution in [0.5, 0.6) is 0 Å². The van der Waals surface area contributed by atoms with E-state index in [1.807, 2.05) is 0 Å². The van der Waals surface area contributed by atoms with Gasteiger partial charge in [-0.1, -0.05) is 11.6 Å². The van der Waals surface area contributed by atoms with E-state index in [4.69, 9.17) is 16.7 Å². The van der Waals surface area contributed by atoms with Gasteiger partial charge in [-0.25, -0.2) is 18.4 Å². The first-order valence-electron chi connectivity index (χ1n) is 3.51. The Morgan fingerprint density at radius 1 is 1.67 bits per heavy atom. The fraction of sp³-hybridized carbons (Fsp3) is 0.167. The van der Waals surface area contributed by atoms with Gasteiger partial charge in [0.15, 0.2) is 4.21 Å². The highest BCUT2D eigenvalue weighted by Crippen LogP contribution is 2.33. The van der Waals surface area contributed by atoms with Gasteiger partial charge in [0.05, 0.1) is 17.1 Å². The van der Waals surface area contributed by atoms with Gasteiger partial charge in [0, 0.05) is 0 Å². The fourth-order valence-electron chi connectivity index (χ4n) is 0.805. The molecule has 1 amide bonds. The molecule has 3 N–H and O–H groups in total. The van der Waals surface area contributed by atoms with Crippen LogP contribution < -0.4 is 10.5 Å². The van der Waals surface area contributed by atoms with Crippen LogP contribution in [0.2, 0.25) is 4.34 Å². The molecule has 0 atom stereocenters. The number of nitrogens with one attached hydrogen (secondary N) is 1. The first kappa shape index (κ1) is 12.2. The highest BCUT2D eigenvalue weighted by molar-refractivity contribution is 7.91. The number of nitrogens with two attached hydrogens (primary N) is 1. The van der Waals surface area contributed by atoms with Crippen molar-refractivity contribution in [3.8, 4) is 0 Å². The number of methoxy groups -OCH3 is 1. The molecule has 0 aliphatic heterocycles. The van der Waals surface area contributed by atoms with Gasteiger partial charge in [0.1, 0.15) is 0 Å². The molecule has 6 nitrogen and oxygen atoms in total. The van der Waals surface area contributed by atoms with Crippen molar-refractivity contribution in [1.82, 2.24) is 0 Å².